The van der Waals surface area contributed by atoms with Gasteiger partial charge in [-0.05, 0) is 42.5 Å². The molecule has 1 aromatic carbocycles. The van der Waals surface area contributed by atoms with Gasteiger partial charge in [-0.2, -0.15) is 0 Å². The molecule has 1 N–H and O–H groups in total. The van der Waals surface area contributed by atoms with Gasteiger partial charge in [-0.1, -0.05) is 29.4 Å². The van der Waals surface area contributed by atoms with E-state index < -0.39 is 0 Å². The molecule has 0 bridgehead atoms. The van der Waals surface area contributed by atoms with Crippen molar-refractivity contribution in [3.05, 3.63) is 56.9 Å². The number of aromatic nitrogens is 5. The number of thioether (sulfide) groups is 1. The molecule has 0 spiro atoms. The number of H-pyrrole nitrogens is 1. The highest BCUT2D eigenvalue weighted by Gasteiger charge is 2.30. The van der Waals surface area contributed by atoms with Gasteiger partial charge in [0.15, 0.2) is 11.0 Å². The van der Waals surface area contributed by atoms with Gasteiger partial charge in [0.2, 0.25) is 0 Å². The van der Waals surface area contributed by atoms with Crippen molar-refractivity contribution in [3.8, 4) is 10.7 Å². The molecule has 1 fully saturated rings. The summed E-state index contributed by atoms with van der Waals surface area (Å²) in [7, 11) is 0. The first-order chi connectivity index (χ1) is 13.2. The van der Waals surface area contributed by atoms with Crippen LogP contribution >= 0.6 is 34.7 Å². The first-order valence-corrected chi connectivity index (χ1v) is 10.7. The number of hydrogen-bond donors (Lipinski definition) is 1. The van der Waals surface area contributed by atoms with Crippen LogP contribution in [0.2, 0.25) is 5.02 Å². The SMILES string of the molecule is O=c1[nH]c(CSc2nnc(-c3cccs3)n2C2CC2)nc2ccc(Cl)cc12. The van der Waals surface area contributed by atoms with Gasteiger partial charge in [0, 0.05) is 11.1 Å². The van der Waals surface area contributed by atoms with Gasteiger partial charge < -0.3 is 4.98 Å². The summed E-state index contributed by atoms with van der Waals surface area (Å²) in [6, 6.07) is 9.69. The third kappa shape index (κ3) is 3.28. The van der Waals surface area contributed by atoms with Crippen LogP contribution in [0.5, 0.6) is 0 Å². The van der Waals surface area contributed by atoms with Crippen LogP contribution < -0.4 is 5.56 Å². The maximum Gasteiger partial charge on any atom is 0.258 e. The van der Waals surface area contributed by atoms with Gasteiger partial charge in [0.1, 0.15) is 5.82 Å². The quantitative estimate of drug-likeness (QED) is 0.485. The van der Waals surface area contributed by atoms with Crippen molar-refractivity contribution >= 4 is 45.6 Å². The molecule has 0 saturated heterocycles. The molecule has 0 aliphatic heterocycles. The van der Waals surface area contributed by atoms with Crippen LogP contribution in [0.15, 0.2) is 45.7 Å². The summed E-state index contributed by atoms with van der Waals surface area (Å²) in [5.74, 6) is 2.05. The van der Waals surface area contributed by atoms with Crippen molar-refractivity contribution in [2.24, 2.45) is 0 Å². The average Bonchev–Trinajstić information content (AvgIpc) is 3.18. The Labute approximate surface area is 167 Å². The molecule has 1 aliphatic rings. The van der Waals surface area contributed by atoms with Gasteiger partial charge in [0.05, 0.1) is 21.5 Å². The fraction of sp³-hybridized carbons (Fsp3) is 0.222. The summed E-state index contributed by atoms with van der Waals surface area (Å²) in [5, 5.41) is 12.7. The molecule has 0 atom stereocenters. The zero-order valence-electron chi connectivity index (χ0n) is 14.1. The molecule has 0 radical (unpaired) electrons. The number of thiophene rings is 1. The number of fused-ring (bicyclic) bond motifs is 1. The minimum Gasteiger partial charge on any atom is -0.309 e. The topological polar surface area (TPSA) is 76.5 Å². The summed E-state index contributed by atoms with van der Waals surface area (Å²) >= 11 is 9.17. The molecule has 136 valence electrons. The second kappa shape index (κ2) is 6.78. The molecule has 1 saturated carbocycles. The molecule has 3 heterocycles. The van der Waals surface area contributed by atoms with Crippen LogP contribution in [0.3, 0.4) is 0 Å². The largest absolute Gasteiger partial charge is 0.309 e. The number of nitrogens with zero attached hydrogens (tertiary/aromatic N) is 4. The number of benzene rings is 1. The second-order valence-electron chi connectivity index (χ2n) is 6.35. The lowest BCUT2D eigenvalue weighted by molar-refractivity contribution is 0.669. The summed E-state index contributed by atoms with van der Waals surface area (Å²) in [5.41, 5.74) is 0.461. The molecule has 5 rings (SSSR count). The highest BCUT2D eigenvalue weighted by Crippen LogP contribution is 2.42. The second-order valence-corrected chi connectivity index (χ2v) is 8.67. The molecule has 3 aromatic heterocycles. The van der Waals surface area contributed by atoms with Crippen molar-refractivity contribution in [3.63, 3.8) is 0 Å². The van der Waals surface area contributed by atoms with E-state index in [4.69, 9.17) is 11.6 Å². The summed E-state index contributed by atoms with van der Waals surface area (Å²) in [6.45, 7) is 0. The van der Waals surface area contributed by atoms with E-state index in [1.807, 2.05) is 11.4 Å². The molecular formula is C18H14ClN5OS2. The highest BCUT2D eigenvalue weighted by molar-refractivity contribution is 7.98. The number of halogens is 1. The van der Waals surface area contributed by atoms with Crippen LogP contribution in [-0.2, 0) is 5.75 Å². The lowest BCUT2D eigenvalue weighted by Gasteiger charge is -2.08. The van der Waals surface area contributed by atoms with E-state index in [9.17, 15) is 4.79 Å². The fourth-order valence-electron chi connectivity index (χ4n) is 2.97. The van der Waals surface area contributed by atoms with E-state index in [2.05, 4.69) is 30.8 Å². The van der Waals surface area contributed by atoms with Crippen LogP contribution in [0.25, 0.3) is 21.6 Å². The average molecular weight is 416 g/mol. The highest BCUT2D eigenvalue weighted by atomic mass is 35.5. The Bertz CT molecular complexity index is 1180. The molecule has 1 aliphatic carbocycles. The Balaban J connectivity index is 1.44. The molecule has 4 aromatic rings. The third-order valence-electron chi connectivity index (χ3n) is 4.37. The van der Waals surface area contributed by atoms with Crippen molar-refractivity contribution < 1.29 is 0 Å². The minimum absolute atomic E-state index is 0.180. The minimum atomic E-state index is -0.180. The predicted octanol–water partition coefficient (Wildman–Crippen LogP) is 4.52. The zero-order valence-corrected chi connectivity index (χ0v) is 16.4. The maximum atomic E-state index is 12.3. The Hall–Kier alpha value is -2.16. The van der Waals surface area contributed by atoms with Gasteiger partial charge >= 0.3 is 0 Å². The molecule has 0 amide bonds. The van der Waals surface area contributed by atoms with Gasteiger partial charge in [-0.15, -0.1) is 21.5 Å². The molecule has 0 unspecified atom stereocenters. The Morgan fingerprint density at radius 3 is 2.96 bits per heavy atom. The standard InChI is InChI=1S/C18H14ClN5OS2/c19-10-3-6-13-12(8-10)17(25)21-15(20-13)9-27-18-23-22-16(14-2-1-7-26-14)24(18)11-4-5-11/h1-3,6-8,11H,4-5,9H2,(H,20,21,25). The number of aromatic amines is 1. The summed E-state index contributed by atoms with van der Waals surface area (Å²) in [6.07, 6.45) is 2.30. The Kier molecular flexibility index (Phi) is 4.26. The monoisotopic (exact) mass is 415 g/mol. The van der Waals surface area contributed by atoms with E-state index in [0.29, 0.717) is 33.5 Å². The first-order valence-electron chi connectivity index (χ1n) is 8.49. The Morgan fingerprint density at radius 1 is 1.30 bits per heavy atom. The van der Waals surface area contributed by atoms with E-state index in [-0.39, 0.29) is 5.56 Å². The molecule has 27 heavy (non-hydrogen) atoms. The van der Waals surface area contributed by atoms with Gasteiger partial charge in [-0.25, -0.2) is 4.98 Å². The normalized spacial score (nSPS) is 14.1. The number of rotatable bonds is 5. The van der Waals surface area contributed by atoms with E-state index >= 15 is 0 Å². The maximum absolute atomic E-state index is 12.3. The van der Waals surface area contributed by atoms with Crippen LogP contribution in [0, 0.1) is 0 Å². The van der Waals surface area contributed by atoms with Crippen LogP contribution in [0.1, 0.15) is 24.7 Å². The molecular weight excluding hydrogens is 402 g/mol. The first kappa shape index (κ1) is 17.0. The molecule has 6 nitrogen and oxygen atoms in total. The summed E-state index contributed by atoms with van der Waals surface area (Å²) in [4.78, 5) is 20.8. The fourth-order valence-corrected chi connectivity index (χ4v) is 4.73. The predicted molar refractivity (Wildman–Crippen MR) is 109 cm³/mol. The number of hydrogen-bond acceptors (Lipinski definition) is 6. The smallest absolute Gasteiger partial charge is 0.258 e. The van der Waals surface area contributed by atoms with Crippen molar-refractivity contribution in [2.45, 2.75) is 29.8 Å². The van der Waals surface area contributed by atoms with Gasteiger partial charge in [0.25, 0.3) is 5.56 Å². The van der Waals surface area contributed by atoms with Crippen LogP contribution in [-0.4, -0.2) is 24.7 Å². The summed E-state index contributed by atoms with van der Waals surface area (Å²) < 4.78 is 2.22. The molecule has 9 heteroatoms. The van der Waals surface area contributed by atoms with E-state index in [1.165, 1.54) is 0 Å². The van der Waals surface area contributed by atoms with Gasteiger partial charge in [-0.3, -0.25) is 9.36 Å². The van der Waals surface area contributed by atoms with Crippen molar-refractivity contribution in [1.29, 1.82) is 0 Å². The van der Waals surface area contributed by atoms with E-state index in [0.717, 1.165) is 28.7 Å². The van der Waals surface area contributed by atoms with Crippen molar-refractivity contribution in [1.82, 2.24) is 24.7 Å². The lowest BCUT2D eigenvalue weighted by Crippen LogP contribution is -2.11. The van der Waals surface area contributed by atoms with E-state index in [1.54, 1.807) is 41.3 Å². The zero-order chi connectivity index (χ0) is 18.4. The number of nitrogens with one attached hydrogen (secondary N) is 1. The Morgan fingerprint density at radius 2 is 2.19 bits per heavy atom. The third-order valence-corrected chi connectivity index (χ3v) is 6.43. The lowest BCUT2D eigenvalue weighted by atomic mass is 10.2. The van der Waals surface area contributed by atoms with Crippen LogP contribution in [0.4, 0.5) is 0 Å². The van der Waals surface area contributed by atoms with Crippen molar-refractivity contribution in [2.75, 3.05) is 0 Å².